The highest BCUT2D eigenvalue weighted by Gasteiger charge is 2.33. The number of ether oxygens (including phenoxy) is 1. The summed E-state index contributed by atoms with van der Waals surface area (Å²) in [5, 5.41) is 16.3. The highest BCUT2D eigenvalue weighted by Crippen LogP contribution is 2.35. The van der Waals surface area contributed by atoms with Crippen molar-refractivity contribution in [1.29, 1.82) is 0 Å². The molecule has 0 radical (unpaired) electrons. The van der Waals surface area contributed by atoms with E-state index >= 15 is 0 Å². The SMILES string of the molecule is Cc1nn(C)c(=O)c(-c2nnn(CC(=O)O[C@@H]3C[C@H](C)CC[C@H]3C(C)C)n2)c1C. The van der Waals surface area contributed by atoms with Crippen LogP contribution in [0.5, 0.6) is 0 Å². The van der Waals surface area contributed by atoms with Crippen molar-refractivity contribution < 1.29 is 9.53 Å². The van der Waals surface area contributed by atoms with Gasteiger partial charge in [-0.1, -0.05) is 27.2 Å². The van der Waals surface area contributed by atoms with Gasteiger partial charge in [-0.25, -0.2) is 9.48 Å². The summed E-state index contributed by atoms with van der Waals surface area (Å²) in [6.45, 7) is 10.0. The lowest BCUT2D eigenvalue weighted by atomic mass is 9.75. The number of carbonyl (C=O) groups is 1. The molecule has 0 spiro atoms. The van der Waals surface area contributed by atoms with Gasteiger partial charge in [-0.15, -0.1) is 10.2 Å². The van der Waals surface area contributed by atoms with E-state index in [-0.39, 0.29) is 30.0 Å². The number of aryl methyl sites for hydroxylation is 2. The molecule has 9 heteroatoms. The largest absolute Gasteiger partial charge is 0.461 e. The van der Waals surface area contributed by atoms with Gasteiger partial charge in [0.1, 0.15) is 6.10 Å². The van der Waals surface area contributed by atoms with Gasteiger partial charge in [0, 0.05) is 7.05 Å². The molecule has 0 bridgehead atoms. The zero-order chi connectivity index (χ0) is 21.3. The molecule has 0 N–H and O–H groups in total. The summed E-state index contributed by atoms with van der Waals surface area (Å²) in [5.41, 5.74) is 1.46. The van der Waals surface area contributed by atoms with Crippen LogP contribution in [0.4, 0.5) is 0 Å². The minimum absolute atomic E-state index is 0.0772. The summed E-state index contributed by atoms with van der Waals surface area (Å²) in [7, 11) is 1.58. The van der Waals surface area contributed by atoms with Gasteiger partial charge in [0.2, 0.25) is 5.82 Å². The number of rotatable bonds is 5. The fraction of sp³-hybridized carbons (Fsp3) is 0.700. The van der Waals surface area contributed by atoms with Crippen molar-refractivity contribution in [3.63, 3.8) is 0 Å². The van der Waals surface area contributed by atoms with Crippen LogP contribution in [0.3, 0.4) is 0 Å². The molecule has 158 valence electrons. The Balaban J connectivity index is 1.74. The van der Waals surface area contributed by atoms with Gasteiger partial charge >= 0.3 is 5.97 Å². The van der Waals surface area contributed by atoms with Crippen LogP contribution in [0.2, 0.25) is 0 Å². The predicted octanol–water partition coefficient (Wildman–Crippen LogP) is 2.05. The molecule has 3 atom stereocenters. The van der Waals surface area contributed by atoms with E-state index in [9.17, 15) is 9.59 Å². The van der Waals surface area contributed by atoms with Gasteiger partial charge in [-0.3, -0.25) is 4.79 Å². The number of aromatic nitrogens is 6. The highest BCUT2D eigenvalue weighted by molar-refractivity contribution is 5.69. The first-order valence-corrected chi connectivity index (χ1v) is 10.2. The number of hydrogen-bond donors (Lipinski definition) is 0. The summed E-state index contributed by atoms with van der Waals surface area (Å²) in [5.74, 6) is 1.19. The zero-order valence-corrected chi connectivity index (χ0v) is 18.0. The average Bonchev–Trinajstić information content (AvgIpc) is 3.08. The van der Waals surface area contributed by atoms with Gasteiger partial charge in [0.25, 0.3) is 5.56 Å². The molecule has 29 heavy (non-hydrogen) atoms. The number of hydrogen-bond acceptors (Lipinski definition) is 7. The van der Waals surface area contributed by atoms with Crippen molar-refractivity contribution in [3.8, 4) is 11.4 Å². The molecule has 2 aromatic rings. The maximum absolute atomic E-state index is 12.5. The second-order valence-electron chi connectivity index (χ2n) is 8.51. The third kappa shape index (κ3) is 4.54. The summed E-state index contributed by atoms with van der Waals surface area (Å²) in [6, 6.07) is 0. The number of esters is 1. The third-order valence-electron chi connectivity index (χ3n) is 5.92. The van der Waals surface area contributed by atoms with Gasteiger partial charge in [0.15, 0.2) is 6.54 Å². The molecule has 1 saturated carbocycles. The molecule has 1 fully saturated rings. The number of tetrazole rings is 1. The molecule has 0 amide bonds. The fourth-order valence-corrected chi connectivity index (χ4v) is 4.09. The van der Waals surface area contributed by atoms with Crippen molar-refractivity contribution in [3.05, 3.63) is 21.6 Å². The minimum Gasteiger partial charge on any atom is -0.461 e. The van der Waals surface area contributed by atoms with E-state index in [1.807, 2.05) is 6.92 Å². The molecule has 2 aromatic heterocycles. The molecule has 0 aromatic carbocycles. The van der Waals surface area contributed by atoms with Crippen molar-refractivity contribution >= 4 is 5.97 Å². The second kappa shape index (κ2) is 8.42. The predicted molar refractivity (Wildman–Crippen MR) is 107 cm³/mol. The molecule has 3 rings (SSSR count). The lowest BCUT2D eigenvalue weighted by molar-refractivity contribution is -0.157. The molecule has 0 saturated heterocycles. The van der Waals surface area contributed by atoms with Crippen LogP contribution in [-0.2, 0) is 23.1 Å². The topological polar surface area (TPSA) is 105 Å². The Bertz CT molecular complexity index is 948. The van der Waals surface area contributed by atoms with Crippen LogP contribution in [-0.4, -0.2) is 42.1 Å². The first-order valence-electron chi connectivity index (χ1n) is 10.2. The Morgan fingerprint density at radius 1 is 1.24 bits per heavy atom. The molecular weight excluding hydrogens is 372 g/mol. The number of nitrogens with zero attached hydrogens (tertiary/aromatic N) is 6. The molecule has 0 unspecified atom stereocenters. The van der Waals surface area contributed by atoms with E-state index in [0.29, 0.717) is 34.6 Å². The maximum Gasteiger partial charge on any atom is 0.330 e. The van der Waals surface area contributed by atoms with E-state index in [0.717, 1.165) is 12.8 Å². The third-order valence-corrected chi connectivity index (χ3v) is 5.92. The van der Waals surface area contributed by atoms with Crippen LogP contribution in [0.15, 0.2) is 4.79 Å². The van der Waals surface area contributed by atoms with Crippen molar-refractivity contribution in [2.24, 2.45) is 24.8 Å². The first-order chi connectivity index (χ1) is 13.7. The Labute approximate surface area is 170 Å². The quantitative estimate of drug-likeness (QED) is 0.705. The van der Waals surface area contributed by atoms with Crippen LogP contribution in [0.1, 0.15) is 51.3 Å². The summed E-state index contributed by atoms with van der Waals surface area (Å²) in [6.07, 6.45) is 3.05. The lowest BCUT2D eigenvalue weighted by Gasteiger charge is -2.36. The van der Waals surface area contributed by atoms with Gasteiger partial charge in [0.05, 0.1) is 11.3 Å². The molecule has 1 aliphatic rings. The first kappa shape index (κ1) is 21.1. The van der Waals surface area contributed by atoms with Gasteiger partial charge in [-0.2, -0.15) is 9.90 Å². The Hall–Kier alpha value is -2.58. The van der Waals surface area contributed by atoms with Crippen LogP contribution in [0.25, 0.3) is 11.4 Å². The molecule has 0 aliphatic heterocycles. The zero-order valence-electron chi connectivity index (χ0n) is 18.0. The van der Waals surface area contributed by atoms with E-state index < -0.39 is 0 Å². The smallest absolute Gasteiger partial charge is 0.330 e. The highest BCUT2D eigenvalue weighted by atomic mass is 16.5. The fourth-order valence-electron chi connectivity index (χ4n) is 4.09. The van der Waals surface area contributed by atoms with E-state index in [4.69, 9.17) is 4.74 Å². The lowest BCUT2D eigenvalue weighted by Crippen LogP contribution is -2.36. The second-order valence-corrected chi connectivity index (χ2v) is 8.51. The van der Waals surface area contributed by atoms with Crippen LogP contribution in [0, 0.1) is 31.6 Å². The van der Waals surface area contributed by atoms with E-state index in [1.165, 1.54) is 15.9 Å². The van der Waals surface area contributed by atoms with Crippen LogP contribution >= 0.6 is 0 Å². The molecular formula is C20H30N6O3. The van der Waals surface area contributed by atoms with Crippen molar-refractivity contribution in [2.45, 2.75) is 66.5 Å². The number of carbonyl (C=O) groups excluding carboxylic acids is 1. The van der Waals surface area contributed by atoms with Crippen molar-refractivity contribution in [2.75, 3.05) is 0 Å². The van der Waals surface area contributed by atoms with Crippen LogP contribution < -0.4 is 5.56 Å². The van der Waals surface area contributed by atoms with Crippen molar-refractivity contribution in [1.82, 2.24) is 30.0 Å². The van der Waals surface area contributed by atoms with Gasteiger partial charge in [-0.05, 0) is 55.2 Å². The maximum atomic E-state index is 12.5. The van der Waals surface area contributed by atoms with E-state index in [2.05, 4.69) is 41.3 Å². The molecule has 9 nitrogen and oxygen atoms in total. The Kier molecular flexibility index (Phi) is 6.14. The normalized spacial score (nSPS) is 22.1. The summed E-state index contributed by atoms with van der Waals surface area (Å²) >= 11 is 0. The molecule has 2 heterocycles. The average molecular weight is 402 g/mol. The Morgan fingerprint density at radius 3 is 2.66 bits per heavy atom. The van der Waals surface area contributed by atoms with Gasteiger partial charge < -0.3 is 4.74 Å². The van der Waals surface area contributed by atoms with E-state index in [1.54, 1.807) is 14.0 Å². The standard InChI is InChI=1S/C20H30N6O3/c1-11(2)15-8-7-12(3)9-16(15)29-17(27)10-26-23-19(21-24-26)18-13(4)14(5)22-25(6)20(18)28/h11-12,15-16H,7-10H2,1-6H3/t12-,15+,16-/m1/s1. The minimum atomic E-state index is -0.380. The monoisotopic (exact) mass is 402 g/mol. The molecule has 1 aliphatic carbocycles. The summed E-state index contributed by atoms with van der Waals surface area (Å²) in [4.78, 5) is 26.2. The Morgan fingerprint density at radius 2 is 1.97 bits per heavy atom. The summed E-state index contributed by atoms with van der Waals surface area (Å²) < 4.78 is 7.05.